The summed E-state index contributed by atoms with van der Waals surface area (Å²) in [5.41, 5.74) is 0. The number of rotatable bonds is 16. The molecule has 0 bridgehead atoms. The van der Waals surface area contributed by atoms with E-state index in [-0.39, 0.29) is 0 Å². The summed E-state index contributed by atoms with van der Waals surface area (Å²) in [4.78, 5) is 20.3. The lowest BCUT2D eigenvalue weighted by Gasteiger charge is -2.06. The number of methoxy groups -OCH3 is 4. The van der Waals surface area contributed by atoms with Crippen LogP contribution in [0.3, 0.4) is 0 Å². The van der Waals surface area contributed by atoms with Crippen LogP contribution in [0.25, 0.3) is 0 Å². The molecule has 0 aliphatic rings. The van der Waals surface area contributed by atoms with E-state index in [1.807, 2.05) is 13.8 Å². The minimum Gasteiger partial charge on any atom is -0.438 e. The first kappa shape index (κ1) is 34.0. The molecule has 0 fully saturated rings. The Labute approximate surface area is 186 Å². The summed E-state index contributed by atoms with van der Waals surface area (Å²) in [5, 5.41) is 0. The molecule has 11 heteroatoms. The van der Waals surface area contributed by atoms with Crippen LogP contribution in [-0.2, 0) is 42.6 Å². The van der Waals surface area contributed by atoms with E-state index in [2.05, 4.69) is 18.9 Å². The fourth-order valence-corrected chi connectivity index (χ4v) is 1.32. The number of carbonyl (C=O) groups is 2. The van der Waals surface area contributed by atoms with E-state index in [4.69, 9.17) is 23.7 Å². The summed E-state index contributed by atoms with van der Waals surface area (Å²) in [6.45, 7) is 9.64. The van der Waals surface area contributed by atoms with Crippen molar-refractivity contribution >= 4 is 12.3 Å². The zero-order valence-electron chi connectivity index (χ0n) is 20.0. The van der Waals surface area contributed by atoms with E-state index in [1.165, 1.54) is 14.2 Å². The Kier molecular flexibility index (Phi) is 36.1. The monoisotopic (exact) mass is 458 g/mol. The van der Waals surface area contributed by atoms with Gasteiger partial charge in [-0.1, -0.05) is 13.8 Å². The van der Waals surface area contributed by atoms with Crippen LogP contribution in [-0.4, -0.2) is 107 Å². The minimum atomic E-state index is -0.657. The molecule has 0 aromatic carbocycles. The molecule has 0 saturated carbocycles. The maximum atomic E-state index is 10.5. The molecular weight excluding hydrogens is 416 g/mol. The molecule has 0 amide bonds. The second-order valence-corrected chi connectivity index (χ2v) is 5.43. The molecule has 0 aromatic rings. The van der Waals surface area contributed by atoms with Crippen molar-refractivity contribution in [3.8, 4) is 0 Å². The predicted octanol–water partition coefficient (Wildman–Crippen LogP) is 2.69. The molecule has 0 saturated heterocycles. The van der Waals surface area contributed by atoms with Crippen LogP contribution in [0.2, 0.25) is 0 Å². The van der Waals surface area contributed by atoms with E-state index >= 15 is 0 Å². The number of hydrogen-bond donors (Lipinski definition) is 0. The van der Waals surface area contributed by atoms with Crippen LogP contribution in [0.1, 0.15) is 26.7 Å². The number of hydrogen-bond acceptors (Lipinski definition) is 11. The third-order valence-electron chi connectivity index (χ3n) is 2.79. The highest BCUT2D eigenvalue weighted by Gasteiger charge is 1.99. The van der Waals surface area contributed by atoms with Crippen molar-refractivity contribution in [2.24, 2.45) is 0 Å². The zero-order chi connectivity index (χ0) is 24.0. The number of ether oxygens (including phenoxy) is 9. The van der Waals surface area contributed by atoms with Crippen molar-refractivity contribution in [3.05, 3.63) is 0 Å². The highest BCUT2D eigenvalue weighted by Crippen LogP contribution is 1.88. The average Bonchev–Trinajstić information content (AvgIpc) is 2.80. The quantitative estimate of drug-likeness (QED) is 0.251. The standard InChI is InChI=1S/C10H22O5.C7H14O3.C3H6O3/c1-11-3-5-13-7-9-15-10-8-14-6-4-12-2;1-3-5-9-7(8)10-6-4-2;1-5-3(4)6-2/h3-10H2,1-2H3;3-6H2,1-2H3;1-2H3. The van der Waals surface area contributed by atoms with Gasteiger partial charge in [-0.05, 0) is 12.8 Å². The Bertz CT molecular complexity index is 326. The molecule has 0 aliphatic carbocycles. The van der Waals surface area contributed by atoms with Crippen LogP contribution in [0.4, 0.5) is 9.59 Å². The molecule has 0 unspecified atom stereocenters. The van der Waals surface area contributed by atoms with Gasteiger partial charge in [-0.2, -0.15) is 0 Å². The van der Waals surface area contributed by atoms with Crippen LogP contribution in [0.15, 0.2) is 0 Å². The van der Waals surface area contributed by atoms with Crippen molar-refractivity contribution in [2.45, 2.75) is 26.7 Å². The summed E-state index contributed by atoms with van der Waals surface area (Å²) >= 11 is 0. The molecule has 0 heterocycles. The normalized spacial score (nSPS) is 9.48. The molecule has 11 nitrogen and oxygen atoms in total. The van der Waals surface area contributed by atoms with Crippen molar-refractivity contribution in [2.75, 3.05) is 94.5 Å². The van der Waals surface area contributed by atoms with Gasteiger partial charge in [0.1, 0.15) is 0 Å². The molecule has 31 heavy (non-hydrogen) atoms. The minimum absolute atomic E-state index is 0.447. The largest absolute Gasteiger partial charge is 0.508 e. The molecule has 0 atom stereocenters. The van der Waals surface area contributed by atoms with Gasteiger partial charge in [0, 0.05) is 14.2 Å². The maximum Gasteiger partial charge on any atom is 0.508 e. The highest BCUT2D eigenvalue weighted by atomic mass is 16.7. The molecular formula is C20H42O11. The van der Waals surface area contributed by atoms with Crippen molar-refractivity contribution in [3.63, 3.8) is 0 Å². The van der Waals surface area contributed by atoms with Crippen LogP contribution < -0.4 is 0 Å². The van der Waals surface area contributed by atoms with Crippen molar-refractivity contribution in [1.82, 2.24) is 0 Å². The summed E-state index contributed by atoms with van der Waals surface area (Å²) < 4.78 is 42.7. The summed E-state index contributed by atoms with van der Waals surface area (Å²) in [6.07, 6.45) is 0.460. The van der Waals surface area contributed by atoms with Gasteiger partial charge in [0.15, 0.2) is 0 Å². The highest BCUT2D eigenvalue weighted by molar-refractivity contribution is 5.59. The van der Waals surface area contributed by atoms with Crippen LogP contribution >= 0.6 is 0 Å². The predicted molar refractivity (Wildman–Crippen MR) is 114 cm³/mol. The molecule has 0 radical (unpaired) electrons. The van der Waals surface area contributed by atoms with Crippen molar-refractivity contribution in [1.29, 1.82) is 0 Å². The van der Waals surface area contributed by atoms with E-state index in [0.717, 1.165) is 12.8 Å². The first-order chi connectivity index (χ1) is 15.0. The Hall–Kier alpha value is -1.66. The molecule has 0 spiro atoms. The molecule has 0 N–H and O–H groups in total. The van der Waals surface area contributed by atoms with Gasteiger partial charge in [-0.15, -0.1) is 0 Å². The maximum absolute atomic E-state index is 10.5. The lowest BCUT2D eigenvalue weighted by molar-refractivity contribution is -0.00380. The Morgan fingerprint density at radius 3 is 1.03 bits per heavy atom. The van der Waals surface area contributed by atoms with E-state index in [1.54, 1.807) is 14.2 Å². The third kappa shape index (κ3) is 39.4. The van der Waals surface area contributed by atoms with Gasteiger partial charge >= 0.3 is 12.3 Å². The summed E-state index contributed by atoms with van der Waals surface area (Å²) in [5.74, 6) is 0. The number of carbonyl (C=O) groups excluding carboxylic acids is 2. The molecule has 0 aromatic heterocycles. The Morgan fingerprint density at radius 1 is 0.484 bits per heavy atom. The summed E-state index contributed by atoms with van der Waals surface area (Å²) in [6, 6.07) is 0. The third-order valence-corrected chi connectivity index (χ3v) is 2.79. The lowest BCUT2D eigenvalue weighted by atomic mass is 10.5. The first-order valence-electron chi connectivity index (χ1n) is 10.2. The van der Waals surface area contributed by atoms with Gasteiger partial charge in [-0.3, -0.25) is 0 Å². The Balaban J connectivity index is -0.000000421. The van der Waals surface area contributed by atoms with Gasteiger partial charge in [0.25, 0.3) is 0 Å². The van der Waals surface area contributed by atoms with Gasteiger partial charge in [0.05, 0.1) is 80.3 Å². The molecule has 0 aliphatic heterocycles. The van der Waals surface area contributed by atoms with Crippen LogP contribution in [0.5, 0.6) is 0 Å². The van der Waals surface area contributed by atoms with E-state index in [9.17, 15) is 9.59 Å². The van der Waals surface area contributed by atoms with Gasteiger partial charge in [-0.25, -0.2) is 9.59 Å². The SMILES string of the molecule is CCCOC(=O)OCCC.COC(=O)OC.COCCOCCOCCOCCOC. The topological polar surface area (TPSA) is 117 Å². The molecule has 188 valence electrons. The fraction of sp³-hybridized carbons (Fsp3) is 0.900. The average molecular weight is 459 g/mol. The fourth-order valence-electron chi connectivity index (χ4n) is 1.32. The van der Waals surface area contributed by atoms with Gasteiger partial charge in [0.2, 0.25) is 0 Å². The zero-order valence-corrected chi connectivity index (χ0v) is 20.0. The Morgan fingerprint density at radius 2 is 0.806 bits per heavy atom. The first-order valence-corrected chi connectivity index (χ1v) is 10.2. The van der Waals surface area contributed by atoms with E-state index in [0.29, 0.717) is 66.1 Å². The second-order valence-electron chi connectivity index (χ2n) is 5.43. The van der Waals surface area contributed by atoms with E-state index < -0.39 is 12.3 Å². The lowest BCUT2D eigenvalue weighted by Crippen LogP contribution is -2.12. The van der Waals surface area contributed by atoms with Crippen LogP contribution in [0, 0.1) is 0 Å². The van der Waals surface area contributed by atoms with Crippen molar-refractivity contribution < 1.29 is 52.2 Å². The smallest absolute Gasteiger partial charge is 0.438 e. The molecule has 0 rings (SSSR count). The van der Waals surface area contributed by atoms with Gasteiger partial charge < -0.3 is 42.6 Å². The second kappa shape index (κ2) is 33.0. The summed E-state index contributed by atoms with van der Waals surface area (Å²) in [7, 11) is 5.81.